The Bertz CT molecular complexity index is 405. The molecule has 0 spiro atoms. The molecule has 0 amide bonds. The number of anilines is 1. The summed E-state index contributed by atoms with van der Waals surface area (Å²) in [5, 5.41) is 2.99. The third-order valence-corrected chi connectivity index (χ3v) is 4.00. The fraction of sp³-hybridized carbons (Fsp3) is 0.500. The lowest BCUT2D eigenvalue weighted by molar-refractivity contribution is 0.590. The van der Waals surface area contributed by atoms with Gasteiger partial charge >= 0.3 is 0 Å². The van der Waals surface area contributed by atoms with Crippen molar-refractivity contribution in [2.75, 3.05) is 30.2 Å². The predicted molar refractivity (Wildman–Crippen MR) is 65.0 cm³/mol. The van der Waals surface area contributed by atoms with E-state index in [1.54, 1.807) is 31.6 Å². The van der Waals surface area contributed by atoms with Gasteiger partial charge in [-0.15, -0.1) is 0 Å². The van der Waals surface area contributed by atoms with Gasteiger partial charge in [0.25, 0.3) is 0 Å². The van der Waals surface area contributed by atoms with Crippen molar-refractivity contribution in [2.24, 2.45) is 0 Å². The lowest BCUT2D eigenvalue weighted by atomic mass is 10.4. The maximum atomic E-state index is 11.9. The molecule has 0 unspecified atom stereocenters. The number of hydrogen-bond donors (Lipinski definition) is 1. The standard InChI is InChI=1S/C10H17N3O2S/c1-3-11-8-9-16(14,15)13(2)10-4-6-12-7-5-10/h4-7,11H,3,8-9H2,1-2H3. The highest BCUT2D eigenvalue weighted by Crippen LogP contribution is 2.13. The average Bonchev–Trinajstić information content (AvgIpc) is 2.29. The van der Waals surface area contributed by atoms with Crippen molar-refractivity contribution in [1.29, 1.82) is 0 Å². The summed E-state index contributed by atoms with van der Waals surface area (Å²) in [5.74, 6) is 0.0969. The maximum absolute atomic E-state index is 11.9. The van der Waals surface area contributed by atoms with Crippen molar-refractivity contribution in [1.82, 2.24) is 10.3 Å². The Labute approximate surface area is 96.5 Å². The lowest BCUT2D eigenvalue weighted by Gasteiger charge is -2.19. The first-order valence-corrected chi connectivity index (χ1v) is 6.76. The van der Waals surface area contributed by atoms with Crippen LogP contribution in [0, 0.1) is 0 Å². The molecule has 0 aromatic carbocycles. The maximum Gasteiger partial charge on any atom is 0.236 e. The van der Waals surface area contributed by atoms with Crippen LogP contribution in [0.25, 0.3) is 0 Å². The number of nitrogens with one attached hydrogen (secondary N) is 1. The largest absolute Gasteiger partial charge is 0.316 e. The molecule has 0 radical (unpaired) electrons. The Morgan fingerprint density at radius 2 is 2.00 bits per heavy atom. The summed E-state index contributed by atoms with van der Waals surface area (Å²) in [7, 11) is -1.69. The fourth-order valence-electron chi connectivity index (χ4n) is 1.23. The van der Waals surface area contributed by atoms with E-state index < -0.39 is 10.0 Å². The summed E-state index contributed by atoms with van der Waals surface area (Å²) in [6.45, 7) is 3.18. The molecule has 16 heavy (non-hydrogen) atoms. The van der Waals surface area contributed by atoms with Gasteiger partial charge in [-0.2, -0.15) is 0 Å². The molecule has 0 aliphatic rings. The molecule has 1 heterocycles. The molecule has 1 rings (SSSR count). The SMILES string of the molecule is CCNCCS(=O)(=O)N(C)c1ccncc1. The van der Waals surface area contributed by atoms with Gasteiger partial charge in [-0.25, -0.2) is 8.42 Å². The van der Waals surface area contributed by atoms with E-state index in [1.165, 1.54) is 4.31 Å². The number of hydrogen-bond acceptors (Lipinski definition) is 4. The van der Waals surface area contributed by atoms with E-state index in [2.05, 4.69) is 10.3 Å². The van der Waals surface area contributed by atoms with Gasteiger partial charge in [0, 0.05) is 26.0 Å². The van der Waals surface area contributed by atoms with E-state index in [-0.39, 0.29) is 5.75 Å². The molecule has 1 aromatic heterocycles. The Balaban J connectivity index is 2.69. The van der Waals surface area contributed by atoms with E-state index in [0.717, 1.165) is 6.54 Å². The van der Waals surface area contributed by atoms with Gasteiger partial charge in [0.05, 0.1) is 11.4 Å². The van der Waals surface area contributed by atoms with Crippen LogP contribution in [0.4, 0.5) is 5.69 Å². The number of rotatable bonds is 6. The van der Waals surface area contributed by atoms with Crippen molar-refractivity contribution in [3.05, 3.63) is 24.5 Å². The molecular formula is C10H17N3O2S. The summed E-state index contributed by atoms with van der Waals surface area (Å²) in [5.41, 5.74) is 0.631. The number of aromatic nitrogens is 1. The molecule has 0 saturated carbocycles. The van der Waals surface area contributed by atoms with Crippen LogP contribution in [0.2, 0.25) is 0 Å². The first-order valence-electron chi connectivity index (χ1n) is 5.15. The van der Waals surface area contributed by atoms with Crippen LogP contribution in [0.1, 0.15) is 6.92 Å². The summed E-state index contributed by atoms with van der Waals surface area (Å²) >= 11 is 0. The van der Waals surface area contributed by atoms with Crippen molar-refractivity contribution in [3.8, 4) is 0 Å². The smallest absolute Gasteiger partial charge is 0.236 e. The van der Waals surface area contributed by atoms with Gasteiger partial charge in [-0.1, -0.05) is 6.92 Å². The van der Waals surface area contributed by atoms with E-state index in [1.807, 2.05) is 6.92 Å². The molecular weight excluding hydrogens is 226 g/mol. The molecule has 90 valence electrons. The topological polar surface area (TPSA) is 62.3 Å². The Morgan fingerprint density at radius 1 is 1.38 bits per heavy atom. The third-order valence-electron chi connectivity index (χ3n) is 2.23. The van der Waals surface area contributed by atoms with Crippen LogP contribution >= 0.6 is 0 Å². The van der Waals surface area contributed by atoms with Gasteiger partial charge in [0.15, 0.2) is 0 Å². The molecule has 6 heteroatoms. The van der Waals surface area contributed by atoms with E-state index >= 15 is 0 Å². The third kappa shape index (κ3) is 3.46. The van der Waals surface area contributed by atoms with Gasteiger partial charge < -0.3 is 5.32 Å². The lowest BCUT2D eigenvalue weighted by Crippen LogP contribution is -2.33. The summed E-state index contributed by atoms with van der Waals surface area (Å²) in [6, 6.07) is 3.34. The van der Waals surface area contributed by atoms with Crippen molar-refractivity contribution >= 4 is 15.7 Å². The Kier molecular flexibility index (Phi) is 4.70. The van der Waals surface area contributed by atoms with Gasteiger partial charge in [-0.05, 0) is 18.7 Å². The predicted octanol–water partition coefficient (Wildman–Crippen LogP) is 0.457. The van der Waals surface area contributed by atoms with E-state index in [9.17, 15) is 8.42 Å². The van der Waals surface area contributed by atoms with E-state index in [4.69, 9.17) is 0 Å². The minimum atomic E-state index is -3.24. The Hall–Kier alpha value is -1.14. The van der Waals surface area contributed by atoms with Gasteiger partial charge in [0.1, 0.15) is 0 Å². The first kappa shape index (κ1) is 12.9. The first-order chi connectivity index (χ1) is 7.58. The van der Waals surface area contributed by atoms with Crippen LogP contribution in [0.15, 0.2) is 24.5 Å². The van der Waals surface area contributed by atoms with Crippen LogP contribution in [0.5, 0.6) is 0 Å². The highest BCUT2D eigenvalue weighted by Gasteiger charge is 2.17. The second-order valence-corrected chi connectivity index (χ2v) is 5.46. The monoisotopic (exact) mass is 243 g/mol. The summed E-state index contributed by atoms with van der Waals surface area (Å²) in [6.07, 6.45) is 3.15. The number of pyridine rings is 1. The second-order valence-electron chi connectivity index (χ2n) is 3.34. The quantitative estimate of drug-likeness (QED) is 0.737. The highest BCUT2D eigenvalue weighted by atomic mass is 32.2. The zero-order chi connectivity index (χ0) is 12.0. The normalized spacial score (nSPS) is 11.4. The van der Waals surface area contributed by atoms with Crippen molar-refractivity contribution < 1.29 is 8.42 Å². The fourth-order valence-corrected chi connectivity index (χ4v) is 2.35. The molecule has 1 aromatic rings. The van der Waals surface area contributed by atoms with Crippen LogP contribution in [-0.2, 0) is 10.0 Å². The zero-order valence-corrected chi connectivity index (χ0v) is 10.4. The molecule has 0 bridgehead atoms. The van der Waals surface area contributed by atoms with Gasteiger partial charge in [-0.3, -0.25) is 9.29 Å². The molecule has 1 N–H and O–H groups in total. The number of nitrogens with zero attached hydrogens (tertiary/aromatic N) is 2. The zero-order valence-electron chi connectivity index (χ0n) is 9.55. The molecule has 0 aliphatic carbocycles. The molecule has 0 saturated heterocycles. The minimum Gasteiger partial charge on any atom is -0.316 e. The summed E-state index contributed by atoms with van der Waals surface area (Å²) < 4.78 is 25.0. The van der Waals surface area contributed by atoms with Crippen LogP contribution in [-0.4, -0.2) is 39.3 Å². The molecule has 0 atom stereocenters. The second kappa shape index (κ2) is 5.81. The van der Waals surface area contributed by atoms with Crippen LogP contribution < -0.4 is 9.62 Å². The minimum absolute atomic E-state index is 0.0969. The summed E-state index contributed by atoms with van der Waals surface area (Å²) in [4.78, 5) is 3.85. The van der Waals surface area contributed by atoms with Gasteiger partial charge in [0.2, 0.25) is 10.0 Å². The highest BCUT2D eigenvalue weighted by molar-refractivity contribution is 7.92. The number of sulfonamides is 1. The Morgan fingerprint density at radius 3 is 2.56 bits per heavy atom. The molecule has 0 aliphatic heterocycles. The average molecular weight is 243 g/mol. The van der Waals surface area contributed by atoms with Crippen LogP contribution in [0.3, 0.4) is 0 Å². The van der Waals surface area contributed by atoms with Crippen molar-refractivity contribution in [3.63, 3.8) is 0 Å². The van der Waals surface area contributed by atoms with Crippen molar-refractivity contribution in [2.45, 2.75) is 6.92 Å². The molecule has 5 nitrogen and oxygen atoms in total. The van der Waals surface area contributed by atoms with E-state index in [0.29, 0.717) is 12.2 Å². The molecule has 0 fully saturated rings.